The van der Waals surface area contributed by atoms with Crippen LogP contribution in [0.2, 0.25) is 0 Å². The average Bonchev–Trinajstić information content (AvgIpc) is 2.61. The van der Waals surface area contributed by atoms with Crippen molar-refractivity contribution in [3.8, 4) is 5.75 Å². The molecule has 2 unspecified atom stereocenters. The molecule has 132 valence electrons. The second-order valence-corrected chi connectivity index (χ2v) is 6.61. The standard InChI is InChI=1S/C21H25NO3/c1-16-13-22(14-17(2)25-16)21(23)15-24-20-11-7-6-10-19(20)12-18-8-4-3-5-9-18/h3-11,16-17H,12-15H2,1-2H3. The Hall–Kier alpha value is -2.33. The van der Waals surface area contributed by atoms with Crippen LogP contribution in [0.5, 0.6) is 5.75 Å². The highest BCUT2D eigenvalue weighted by Gasteiger charge is 2.26. The lowest BCUT2D eigenvalue weighted by atomic mass is 10.0. The molecule has 0 aromatic heterocycles. The fraction of sp³-hybridized carbons (Fsp3) is 0.381. The number of rotatable bonds is 5. The first-order chi connectivity index (χ1) is 12.1. The molecule has 4 nitrogen and oxygen atoms in total. The maximum atomic E-state index is 12.5. The third kappa shape index (κ3) is 4.83. The number of hydrogen-bond donors (Lipinski definition) is 0. The smallest absolute Gasteiger partial charge is 0.260 e. The van der Waals surface area contributed by atoms with E-state index in [4.69, 9.17) is 9.47 Å². The van der Waals surface area contributed by atoms with E-state index in [9.17, 15) is 4.79 Å². The van der Waals surface area contributed by atoms with Crippen LogP contribution in [0.25, 0.3) is 0 Å². The van der Waals surface area contributed by atoms with Crippen molar-refractivity contribution < 1.29 is 14.3 Å². The van der Waals surface area contributed by atoms with E-state index in [-0.39, 0.29) is 24.7 Å². The molecule has 1 aliphatic heterocycles. The van der Waals surface area contributed by atoms with Gasteiger partial charge in [-0.3, -0.25) is 4.79 Å². The molecule has 0 spiro atoms. The second-order valence-electron chi connectivity index (χ2n) is 6.61. The Kier molecular flexibility index (Phi) is 5.71. The summed E-state index contributed by atoms with van der Waals surface area (Å²) in [5.41, 5.74) is 2.31. The lowest BCUT2D eigenvalue weighted by Crippen LogP contribution is -2.49. The fourth-order valence-electron chi connectivity index (χ4n) is 3.22. The van der Waals surface area contributed by atoms with Gasteiger partial charge in [-0.1, -0.05) is 48.5 Å². The van der Waals surface area contributed by atoms with Gasteiger partial charge in [0, 0.05) is 19.5 Å². The summed E-state index contributed by atoms with van der Waals surface area (Å²) in [5, 5.41) is 0. The fourth-order valence-corrected chi connectivity index (χ4v) is 3.22. The molecule has 3 rings (SSSR count). The molecule has 2 aromatic rings. The van der Waals surface area contributed by atoms with Crippen molar-refractivity contribution in [2.75, 3.05) is 19.7 Å². The Balaban J connectivity index is 1.62. The topological polar surface area (TPSA) is 38.8 Å². The first-order valence-corrected chi connectivity index (χ1v) is 8.79. The molecule has 25 heavy (non-hydrogen) atoms. The van der Waals surface area contributed by atoms with Crippen molar-refractivity contribution >= 4 is 5.91 Å². The van der Waals surface area contributed by atoms with Crippen LogP contribution >= 0.6 is 0 Å². The molecule has 1 aliphatic rings. The summed E-state index contributed by atoms with van der Waals surface area (Å²) in [6, 6.07) is 18.2. The number of carbonyl (C=O) groups is 1. The van der Waals surface area contributed by atoms with Crippen LogP contribution in [0.4, 0.5) is 0 Å². The van der Waals surface area contributed by atoms with Gasteiger partial charge in [0.25, 0.3) is 5.91 Å². The highest BCUT2D eigenvalue weighted by Crippen LogP contribution is 2.21. The number of nitrogens with zero attached hydrogens (tertiary/aromatic N) is 1. The lowest BCUT2D eigenvalue weighted by Gasteiger charge is -2.35. The van der Waals surface area contributed by atoms with Crippen LogP contribution in [-0.2, 0) is 16.0 Å². The monoisotopic (exact) mass is 339 g/mol. The van der Waals surface area contributed by atoms with Gasteiger partial charge in [-0.2, -0.15) is 0 Å². The Morgan fingerprint density at radius 2 is 1.68 bits per heavy atom. The van der Waals surface area contributed by atoms with Crippen LogP contribution in [0, 0.1) is 0 Å². The number of benzene rings is 2. The molecule has 4 heteroatoms. The molecule has 0 saturated carbocycles. The first kappa shape index (κ1) is 17.5. The number of amides is 1. The molecule has 1 saturated heterocycles. The minimum atomic E-state index is 0.0107. The minimum Gasteiger partial charge on any atom is -0.483 e. The zero-order valence-corrected chi connectivity index (χ0v) is 14.9. The van der Waals surface area contributed by atoms with Crippen molar-refractivity contribution in [1.82, 2.24) is 4.90 Å². The third-order valence-electron chi connectivity index (χ3n) is 4.33. The van der Waals surface area contributed by atoms with Crippen LogP contribution in [0.15, 0.2) is 54.6 Å². The highest BCUT2D eigenvalue weighted by molar-refractivity contribution is 5.78. The molecular weight excluding hydrogens is 314 g/mol. The summed E-state index contributed by atoms with van der Waals surface area (Å²) in [5.74, 6) is 0.783. The molecule has 1 fully saturated rings. The third-order valence-corrected chi connectivity index (χ3v) is 4.33. The van der Waals surface area contributed by atoms with E-state index in [0.29, 0.717) is 13.1 Å². The van der Waals surface area contributed by atoms with E-state index in [0.717, 1.165) is 17.7 Å². The number of para-hydroxylation sites is 1. The molecule has 2 atom stereocenters. The maximum absolute atomic E-state index is 12.5. The lowest BCUT2D eigenvalue weighted by molar-refractivity contribution is -0.145. The van der Waals surface area contributed by atoms with Gasteiger partial charge in [0.2, 0.25) is 0 Å². The predicted molar refractivity (Wildman–Crippen MR) is 97.8 cm³/mol. The van der Waals surface area contributed by atoms with Crippen molar-refractivity contribution in [2.45, 2.75) is 32.5 Å². The van der Waals surface area contributed by atoms with Gasteiger partial charge in [0.1, 0.15) is 5.75 Å². The van der Waals surface area contributed by atoms with E-state index in [1.807, 2.05) is 61.2 Å². The zero-order valence-electron chi connectivity index (χ0n) is 14.9. The van der Waals surface area contributed by atoms with Crippen molar-refractivity contribution in [3.05, 3.63) is 65.7 Å². The Morgan fingerprint density at radius 3 is 2.40 bits per heavy atom. The van der Waals surface area contributed by atoms with E-state index in [2.05, 4.69) is 12.1 Å². The average molecular weight is 339 g/mol. The number of ether oxygens (including phenoxy) is 2. The number of morpholine rings is 1. The zero-order chi connectivity index (χ0) is 17.6. The van der Waals surface area contributed by atoms with Gasteiger partial charge in [-0.25, -0.2) is 0 Å². The van der Waals surface area contributed by atoms with Gasteiger partial charge >= 0.3 is 0 Å². The van der Waals surface area contributed by atoms with Crippen molar-refractivity contribution in [1.29, 1.82) is 0 Å². The molecule has 0 aliphatic carbocycles. The maximum Gasteiger partial charge on any atom is 0.260 e. The second kappa shape index (κ2) is 8.17. The van der Waals surface area contributed by atoms with Crippen LogP contribution in [0.3, 0.4) is 0 Å². The molecule has 2 aromatic carbocycles. The van der Waals surface area contributed by atoms with Crippen LogP contribution in [0.1, 0.15) is 25.0 Å². The van der Waals surface area contributed by atoms with Crippen molar-refractivity contribution in [2.24, 2.45) is 0 Å². The van der Waals surface area contributed by atoms with Gasteiger partial charge in [0.05, 0.1) is 12.2 Å². The summed E-state index contributed by atoms with van der Waals surface area (Å²) in [6.45, 7) is 5.29. The predicted octanol–water partition coefficient (Wildman–Crippen LogP) is 3.29. The summed E-state index contributed by atoms with van der Waals surface area (Å²) >= 11 is 0. The summed E-state index contributed by atoms with van der Waals surface area (Å²) in [4.78, 5) is 14.3. The Labute approximate surface area is 149 Å². The van der Waals surface area contributed by atoms with Gasteiger partial charge in [-0.05, 0) is 31.0 Å². The van der Waals surface area contributed by atoms with E-state index < -0.39 is 0 Å². The number of hydrogen-bond acceptors (Lipinski definition) is 3. The molecule has 0 radical (unpaired) electrons. The quantitative estimate of drug-likeness (QED) is 0.839. The summed E-state index contributed by atoms with van der Waals surface area (Å²) < 4.78 is 11.5. The van der Waals surface area contributed by atoms with Gasteiger partial charge in [-0.15, -0.1) is 0 Å². The van der Waals surface area contributed by atoms with Crippen LogP contribution in [-0.4, -0.2) is 42.7 Å². The van der Waals surface area contributed by atoms with E-state index in [1.165, 1.54) is 5.56 Å². The molecule has 1 heterocycles. The minimum absolute atomic E-state index is 0.0107. The normalized spacial score (nSPS) is 20.3. The molecule has 0 bridgehead atoms. The number of carbonyl (C=O) groups excluding carboxylic acids is 1. The Morgan fingerprint density at radius 1 is 1.04 bits per heavy atom. The van der Waals surface area contributed by atoms with Crippen LogP contribution < -0.4 is 4.74 Å². The Bertz CT molecular complexity index is 691. The first-order valence-electron chi connectivity index (χ1n) is 8.79. The SMILES string of the molecule is CC1CN(C(=O)COc2ccccc2Cc2ccccc2)CC(C)O1. The highest BCUT2D eigenvalue weighted by atomic mass is 16.5. The van der Waals surface area contributed by atoms with E-state index in [1.54, 1.807) is 0 Å². The largest absolute Gasteiger partial charge is 0.483 e. The van der Waals surface area contributed by atoms with Gasteiger partial charge < -0.3 is 14.4 Å². The van der Waals surface area contributed by atoms with Gasteiger partial charge in [0.15, 0.2) is 6.61 Å². The summed E-state index contributed by atoms with van der Waals surface area (Å²) in [7, 11) is 0. The molecular formula is C21H25NO3. The van der Waals surface area contributed by atoms with E-state index >= 15 is 0 Å². The summed E-state index contributed by atoms with van der Waals surface area (Å²) in [6.07, 6.45) is 0.924. The molecule has 0 N–H and O–H groups in total. The van der Waals surface area contributed by atoms with Crippen molar-refractivity contribution in [3.63, 3.8) is 0 Å². The molecule has 1 amide bonds.